The van der Waals surface area contributed by atoms with Crippen molar-refractivity contribution < 1.29 is 8.42 Å². The lowest BCUT2D eigenvalue weighted by Gasteiger charge is -2.20. The van der Waals surface area contributed by atoms with Gasteiger partial charge in [-0.05, 0) is 12.1 Å². The van der Waals surface area contributed by atoms with Crippen molar-refractivity contribution in [2.45, 2.75) is 19.8 Å². The molecule has 1 heterocycles. The van der Waals surface area contributed by atoms with E-state index in [9.17, 15) is 8.42 Å². The van der Waals surface area contributed by atoms with E-state index in [1.54, 1.807) is 19.2 Å². The van der Waals surface area contributed by atoms with E-state index in [-0.39, 0.29) is 5.75 Å². The molecule has 0 unspecified atom stereocenters. The topological polar surface area (TPSA) is 76.3 Å². The second kappa shape index (κ2) is 7.52. The fourth-order valence-electron chi connectivity index (χ4n) is 1.64. The minimum Gasteiger partial charge on any atom is -0.393 e. The quantitative estimate of drug-likeness (QED) is 0.724. The van der Waals surface area contributed by atoms with Crippen LogP contribution in [0.4, 0.5) is 0 Å². The first-order valence-corrected chi connectivity index (χ1v) is 8.13. The first-order valence-electron chi connectivity index (χ1n) is 6.11. The Kier molecular flexibility index (Phi) is 6.33. The first-order chi connectivity index (χ1) is 8.95. The van der Waals surface area contributed by atoms with Gasteiger partial charge in [-0.25, -0.2) is 12.7 Å². The van der Waals surface area contributed by atoms with Gasteiger partial charge in [0.15, 0.2) is 0 Å². The summed E-state index contributed by atoms with van der Waals surface area (Å²) in [6.45, 7) is 2.57. The summed E-state index contributed by atoms with van der Waals surface area (Å²) >= 11 is 4.77. The number of nitrogens with zero attached hydrogens (tertiary/aromatic N) is 2. The van der Waals surface area contributed by atoms with Gasteiger partial charge in [-0.1, -0.05) is 25.2 Å². The third-order valence-corrected chi connectivity index (χ3v) is 4.85. The van der Waals surface area contributed by atoms with E-state index in [1.807, 2.05) is 12.1 Å². The van der Waals surface area contributed by atoms with Crippen LogP contribution >= 0.6 is 12.2 Å². The van der Waals surface area contributed by atoms with Gasteiger partial charge in [0.1, 0.15) is 0 Å². The molecule has 0 saturated heterocycles. The molecular weight excluding hydrogens is 282 g/mol. The van der Waals surface area contributed by atoms with Crippen LogP contribution in [0.3, 0.4) is 0 Å². The van der Waals surface area contributed by atoms with E-state index in [1.165, 1.54) is 4.31 Å². The third-order valence-electron chi connectivity index (χ3n) is 2.70. The molecule has 1 rings (SSSR count). The summed E-state index contributed by atoms with van der Waals surface area (Å²) in [7, 11) is -3.29. The number of pyridine rings is 1. The predicted molar refractivity (Wildman–Crippen MR) is 80.4 cm³/mol. The number of rotatable bonds is 8. The number of hydrogen-bond donors (Lipinski definition) is 1. The van der Waals surface area contributed by atoms with Gasteiger partial charge in [-0.15, -0.1) is 0 Å². The molecule has 1 aromatic rings. The maximum atomic E-state index is 12.2. The van der Waals surface area contributed by atoms with E-state index >= 15 is 0 Å². The van der Waals surface area contributed by atoms with Crippen LogP contribution in [0.1, 0.15) is 19.0 Å². The number of thiocarbonyl (C=S) groups is 1. The number of nitrogens with two attached hydrogens (primary N) is 1. The van der Waals surface area contributed by atoms with Crippen LogP contribution in [-0.2, 0) is 16.4 Å². The summed E-state index contributed by atoms with van der Waals surface area (Å²) < 4.78 is 25.7. The number of aromatic nitrogens is 1. The fourth-order valence-corrected chi connectivity index (χ4v) is 3.22. The number of sulfonamides is 1. The van der Waals surface area contributed by atoms with Gasteiger partial charge in [0.2, 0.25) is 10.0 Å². The van der Waals surface area contributed by atoms with E-state index < -0.39 is 10.0 Å². The van der Waals surface area contributed by atoms with Crippen molar-refractivity contribution in [3.05, 3.63) is 30.1 Å². The van der Waals surface area contributed by atoms with Crippen LogP contribution in [0.15, 0.2) is 24.4 Å². The largest absolute Gasteiger partial charge is 0.393 e. The van der Waals surface area contributed by atoms with Crippen molar-refractivity contribution in [2.24, 2.45) is 5.73 Å². The summed E-state index contributed by atoms with van der Waals surface area (Å²) in [6.07, 6.45) is 2.48. The lowest BCUT2D eigenvalue weighted by molar-refractivity contribution is 0.437. The van der Waals surface area contributed by atoms with Gasteiger partial charge in [0.25, 0.3) is 0 Å². The van der Waals surface area contributed by atoms with Gasteiger partial charge < -0.3 is 5.73 Å². The van der Waals surface area contributed by atoms with Crippen molar-refractivity contribution >= 4 is 27.2 Å². The van der Waals surface area contributed by atoms with Crippen LogP contribution in [0.2, 0.25) is 0 Å². The average Bonchev–Trinajstić information content (AvgIpc) is 2.38. The van der Waals surface area contributed by atoms with Crippen LogP contribution in [-0.4, -0.2) is 41.5 Å². The van der Waals surface area contributed by atoms with Crippen molar-refractivity contribution in [3.8, 4) is 0 Å². The minimum atomic E-state index is -3.29. The highest BCUT2D eigenvalue weighted by molar-refractivity contribution is 7.89. The molecule has 0 spiro atoms. The summed E-state index contributed by atoms with van der Waals surface area (Å²) in [5.74, 6) is 0.0508. The molecule has 7 heteroatoms. The molecule has 0 aromatic carbocycles. The van der Waals surface area contributed by atoms with Gasteiger partial charge in [-0.3, -0.25) is 4.98 Å². The van der Waals surface area contributed by atoms with Crippen molar-refractivity contribution in [3.63, 3.8) is 0 Å². The Hall–Kier alpha value is -1.05. The summed E-state index contributed by atoms with van der Waals surface area (Å²) in [4.78, 5) is 4.45. The number of aryl methyl sites for hydroxylation is 1. The smallest absolute Gasteiger partial charge is 0.214 e. The fraction of sp³-hybridized carbons (Fsp3) is 0.500. The Labute approximate surface area is 119 Å². The zero-order valence-corrected chi connectivity index (χ0v) is 12.6. The molecule has 0 aliphatic rings. The summed E-state index contributed by atoms with van der Waals surface area (Å²) in [5.41, 5.74) is 6.18. The minimum absolute atomic E-state index is 0.0508. The van der Waals surface area contributed by atoms with E-state index in [0.717, 1.165) is 5.69 Å². The predicted octanol–water partition coefficient (Wildman–Crippen LogP) is 0.952. The molecule has 5 nitrogen and oxygen atoms in total. The van der Waals surface area contributed by atoms with Crippen molar-refractivity contribution in [1.82, 2.24) is 9.29 Å². The number of hydrogen-bond acceptors (Lipinski definition) is 4. The zero-order chi connectivity index (χ0) is 14.3. The Bertz CT molecular complexity index is 503. The Morgan fingerprint density at radius 2 is 2.21 bits per heavy atom. The summed E-state index contributed by atoms with van der Waals surface area (Å²) in [6, 6.07) is 5.47. The Balaban J connectivity index is 2.60. The molecule has 0 radical (unpaired) electrons. The molecule has 0 bridgehead atoms. The van der Waals surface area contributed by atoms with Crippen LogP contribution in [0, 0.1) is 0 Å². The molecule has 2 N–H and O–H groups in total. The van der Waals surface area contributed by atoms with Crippen LogP contribution in [0.25, 0.3) is 0 Å². The maximum Gasteiger partial charge on any atom is 0.214 e. The SMILES string of the molecule is CCN(CCC(N)=S)S(=O)(=O)CCc1ccccn1. The van der Waals surface area contributed by atoms with E-state index in [2.05, 4.69) is 4.98 Å². The Morgan fingerprint density at radius 3 is 2.74 bits per heavy atom. The second-order valence-electron chi connectivity index (χ2n) is 4.10. The second-order valence-corrected chi connectivity index (χ2v) is 6.71. The first kappa shape index (κ1) is 16.0. The molecule has 0 atom stereocenters. The van der Waals surface area contributed by atoms with E-state index in [0.29, 0.717) is 30.9 Å². The highest BCUT2D eigenvalue weighted by Gasteiger charge is 2.20. The van der Waals surface area contributed by atoms with E-state index in [4.69, 9.17) is 18.0 Å². The average molecular weight is 301 g/mol. The monoisotopic (exact) mass is 301 g/mol. The molecule has 0 amide bonds. The van der Waals surface area contributed by atoms with Gasteiger partial charge in [0.05, 0.1) is 10.7 Å². The molecular formula is C12H19N3O2S2. The van der Waals surface area contributed by atoms with Crippen molar-refractivity contribution in [2.75, 3.05) is 18.8 Å². The molecule has 1 aromatic heterocycles. The van der Waals surface area contributed by atoms with Crippen LogP contribution in [0.5, 0.6) is 0 Å². The zero-order valence-electron chi connectivity index (χ0n) is 10.9. The molecule has 0 fully saturated rings. The lowest BCUT2D eigenvalue weighted by Crippen LogP contribution is -2.35. The molecule has 0 aliphatic carbocycles. The normalized spacial score (nSPS) is 11.7. The lowest BCUT2D eigenvalue weighted by atomic mass is 10.3. The molecule has 106 valence electrons. The van der Waals surface area contributed by atoms with Gasteiger partial charge >= 0.3 is 0 Å². The standard InChI is InChI=1S/C12H19N3O2S2/c1-2-15(9-6-12(13)18)19(16,17)10-7-11-5-3-4-8-14-11/h3-5,8H,2,6-7,9-10H2,1H3,(H2,13,18). The molecule has 19 heavy (non-hydrogen) atoms. The molecule has 0 aliphatic heterocycles. The van der Waals surface area contributed by atoms with Crippen molar-refractivity contribution in [1.29, 1.82) is 0 Å². The van der Waals surface area contributed by atoms with Gasteiger partial charge in [-0.2, -0.15) is 0 Å². The highest BCUT2D eigenvalue weighted by atomic mass is 32.2. The van der Waals surface area contributed by atoms with Crippen LogP contribution < -0.4 is 5.73 Å². The third kappa shape index (κ3) is 5.63. The Morgan fingerprint density at radius 1 is 1.47 bits per heavy atom. The highest BCUT2D eigenvalue weighted by Crippen LogP contribution is 2.06. The maximum absolute atomic E-state index is 12.2. The summed E-state index contributed by atoms with van der Waals surface area (Å²) in [5, 5.41) is 0. The van der Waals surface area contributed by atoms with Gasteiger partial charge in [0, 0.05) is 37.8 Å². The molecule has 0 saturated carbocycles.